The first-order chi connectivity index (χ1) is 18.8. The van der Waals surface area contributed by atoms with Gasteiger partial charge in [0.1, 0.15) is 45.2 Å². The summed E-state index contributed by atoms with van der Waals surface area (Å²) in [6.07, 6.45) is 2.75. The van der Waals surface area contributed by atoms with Gasteiger partial charge in [-0.2, -0.15) is 0 Å². The molecule has 8 nitrogen and oxygen atoms in total. The molecule has 200 valence electrons. The van der Waals surface area contributed by atoms with E-state index in [1.54, 1.807) is 12.1 Å². The third-order valence-electron chi connectivity index (χ3n) is 5.84. The minimum Gasteiger partial charge on any atom is -0.489 e. The summed E-state index contributed by atoms with van der Waals surface area (Å²) in [5.74, 6) is 1.19. The lowest BCUT2D eigenvalue weighted by Crippen LogP contribution is -2.21. The van der Waals surface area contributed by atoms with Gasteiger partial charge >= 0.3 is 0 Å². The molecule has 0 radical (unpaired) electrons. The molecule has 0 saturated heterocycles. The van der Waals surface area contributed by atoms with E-state index in [9.17, 15) is 12.8 Å². The van der Waals surface area contributed by atoms with E-state index in [0.717, 1.165) is 38.4 Å². The number of halogens is 1. The van der Waals surface area contributed by atoms with Crippen LogP contribution in [0.4, 0.5) is 15.9 Å². The first-order valence-electron chi connectivity index (χ1n) is 12.1. The number of sulfone groups is 1. The molecule has 2 aromatic heterocycles. The van der Waals surface area contributed by atoms with E-state index in [1.165, 1.54) is 36.1 Å². The molecule has 0 aliphatic rings. The summed E-state index contributed by atoms with van der Waals surface area (Å²) in [5, 5.41) is 10.2. The number of nitrogens with one attached hydrogen (secondary N) is 2. The Morgan fingerprint density at radius 3 is 2.56 bits per heavy atom. The number of rotatable bonds is 11. The molecular formula is C28H26FN5O3S2. The summed E-state index contributed by atoms with van der Waals surface area (Å²) in [6.45, 7) is 1.24. The molecule has 0 unspecified atom stereocenters. The molecule has 5 aromatic rings. The van der Waals surface area contributed by atoms with Crippen LogP contribution in [0.3, 0.4) is 0 Å². The average Bonchev–Trinajstić information content (AvgIpc) is 3.40. The van der Waals surface area contributed by atoms with Gasteiger partial charge in [0.2, 0.25) is 0 Å². The van der Waals surface area contributed by atoms with Crippen LogP contribution in [0.15, 0.2) is 78.4 Å². The zero-order valence-corrected chi connectivity index (χ0v) is 22.7. The van der Waals surface area contributed by atoms with E-state index in [-0.39, 0.29) is 11.6 Å². The number of benzene rings is 3. The first-order valence-corrected chi connectivity index (χ1v) is 15.1. The molecular weight excluding hydrogens is 537 g/mol. The molecule has 0 atom stereocenters. The highest BCUT2D eigenvalue weighted by Crippen LogP contribution is 2.30. The van der Waals surface area contributed by atoms with Crippen molar-refractivity contribution in [3.63, 3.8) is 0 Å². The molecule has 0 bridgehead atoms. The van der Waals surface area contributed by atoms with Crippen LogP contribution < -0.4 is 15.4 Å². The summed E-state index contributed by atoms with van der Waals surface area (Å²) in [7, 11) is -2.99. The Bertz CT molecular complexity index is 1670. The number of anilines is 2. The van der Waals surface area contributed by atoms with E-state index in [0.29, 0.717) is 31.3 Å². The Morgan fingerprint density at radius 2 is 1.79 bits per heavy atom. The highest BCUT2D eigenvalue weighted by molar-refractivity contribution is 7.90. The van der Waals surface area contributed by atoms with Gasteiger partial charge in [0.25, 0.3) is 0 Å². The minimum atomic E-state index is -2.99. The summed E-state index contributed by atoms with van der Waals surface area (Å²) in [6, 6.07) is 19.7. The van der Waals surface area contributed by atoms with Crippen molar-refractivity contribution in [1.82, 2.24) is 20.3 Å². The number of aromatic nitrogens is 3. The van der Waals surface area contributed by atoms with Gasteiger partial charge in [-0.3, -0.25) is 0 Å². The molecule has 2 N–H and O–H groups in total. The Labute approximate surface area is 229 Å². The molecule has 2 heterocycles. The SMILES string of the molecule is CS(=O)(=O)CCNCc1nc(-c2ccc3ncnc(Nc4ccc(OCc5ccc(F)cc5)cc4)c3c2)cs1. The monoisotopic (exact) mass is 563 g/mol. The van der Waals surface area contributed by atoms with Crippen LogP contribution in [0, 0.1) is 5.82 Å². The first kappa shape index (κ1) is 26.7. The molecule has 0 aliphatic carbocycles. The molecule has 5 rings (SSSR count). The van der Waals surface area contributed by atoms with Gasteiger partial charge in [0.15, 0.2) is 0 Å². The second-order valence-corrected chi connectivity index (χ2v) is 12.2. The number of ether oxygens (including phenoxy) is 1. The number of fused-ring (bicyclic) bond motifs is 1. The van der Waals surface area contributed by atoms with Crippen molar-refractivity contribution in [3.05, 3.63) is 94.8 Å². The standard InChI is InChI=1S/C28H26FN5O3S2/c1-39(35,36)13-12-30-15-27-34-26(17-38-27)20-4-11-25-24(14-20)28(32-18-31-25)33-22-7-9-23(10-8-22)37-16-19-2-5-21(29)6-3-19/h2-11,14,17-18,30H,12-13,15-16H2,1H3,(H,31,32,33). The van der Waals surface area contributed by atoms with E-state index >= 15 is 0 Å². The molecule has 0 saturated carbocycles. The average molecular weight is 564 g/mol. The number of nitrogens with zero attached hydrogens (tertiary/aromatic N) is 3. The minimum absolute atomic E-state index is 0.0947. The van der Waals surface area contributed by atoms with Gasteiger partial charge in [0.05, 0.1) is 17.0 Å². The highest BCUT2D eigenvalue weighted by atomic mass is 32.2. The Hall–Kier alpha value is -3.93. The molecule has 0 fully saturated rings. The van der Waals surface area contributed by atoms with Crippen molar-refractivity contribution in [3.8, 4) is 17.0 Å². The fourth-order valence-electron chi connectivity index (χ4n) is 3.81. The number of hydrogen-bond acceptors (Lipinski definition) is 9. The topological polar surface area (TPSA) is 106 Å². The zero-order chi connectivity index (χ0) is 27.2. The molecule has 11 heteroatoms. The fourth-order valence-corrected chi connectivity index (χ4v) is 5.10. The van der Waals surface area contributed by atoms with Crippen molar-refractivity contribution >= 4 is 43.6 Å². The van der Waals surface area contributed by atoms with Crippen LogP contribution in [0.25, 0.3) is 22.2 Å². The summed E-state index contributed by atoms with van der Waals surface area (Å²) in [5.41, 5.74) is 4.29. The molecule has 0 aliphatic heterocycles. The van der Waals surface area contributed by atoms with Gasteiger partial charge in [-0.15, -0.1) is 11.3 Å². The van der Waals surface area contributed by atoms with E-state index < -0.39 is 9.84 Å². The van der Waals surface area contributed by atoms with Gasteiger partial charge in [-0.25, -0.2) is 27.8 Å². The predicted octanol–water partition coefficient (Wildman–Crippen LogP) is 5.35. The Morgan fingerprint density at radius 1 is 1.00 bits per heavy atom. The molecule has 0 amide bonds. The highest BCUT2D eigenvalue weighted by Gasteiger charge is 2.10. The Kier molecular flexibility index (Phi) is 8.10. The van der Waals surface area contributed by atoms with Crippen LogP contribution in [0.2, 0.25) is 0 Å². The van der Waals surface area contributed by atoms with E-state index in [4.69, 9.17) is 9.72 Å². The van der Waals surface area contributed by atoms with Crippen molar-refractivity contribution in [1.29, 1.82) is 0 Å². The van der Waals surface area contributed by atoms with Gasteiger partial charge in [0, 0.05) is 41.4 Å². The van der Waals surface area contributed by atoms with Gasteiger partial charge in [-0.05, 0) is 54.1 Å². The van der Waals surface area contributed by atoms with Crippen LogP contribution in [0.5, 0.6) is 5.75 Å². The van der Waals surface area contributed by atoms with Crippen molar-refractivity contribution in [2.24, 2.45) is 0 Å². The largest absolute Gasteiger partial charge is 0.489 e. The normalized spacial score (nSPS) is 11.5. The lowest BCUT2D eigenvalue weighted by molar-refractivity contribution is 0.306. The third kappa shape index (κ3) is 7.34. The van der Waals surface area contributed by atoms with E-state index in [1.807, 2.05) is 47.8 Å². The van der Waals surface area contributed by atoms with Crippen LogP contribution in [-0.4, -0.2) is 41.9 Å². The van der Waals surface area contributed by atoms with E-state index in [2.05, 4.69) is 20.6 Å². The van der Waals surface area contributed by atoms with Crippen molar-refractivity contribution < 1.29 is 17.5 Å². The van der Waals surface area contributed by atoms with Crippen LogP contribution in [-0.2, 0) is 23.0 Å². The lowest BCUT2D eigenvalue weighted by atomic mass is 10.1. The maximum absolute atomic E-state index is 13.1. The lowest BCUT2D eigenvalue weighted by Gasteiger charge is -2.11. The predicted molar refractivity (Wildman–Crippen MR) is 153 cm³/mol. The summed E-state index contributed by atoms with van der Waals surface area (Å²) in [4.78, 5) is 13.6. The Balaban J connectivity index is 1.26. The van der Waals surface area contributed by atoms with Gasteiger partial charge in [-0.1, -0.05) is 18.2 Å². The van der Waals surface area contributed by atoms with Gasteiger partial charge < -0.3 is 15.4 Å². The number of thiazole rings is 1. The second kappa shape index (κ2) is 11.9. The summed E-state index contributed by atoms with van der Waals surface area (Å²) >= 11 is 1.52. The van der Waals surface area contributed by atoms with Crippen molar-refractivity contribution in [2.45, 2.75) is 13.2 Å². The molecule has 39 heavy (non-hydrogen) atoms. The smallest absolute Gasteiger partial charge is 0.148 e. The molecule has 0 spiro atoms. The molecule has 3 aromatic carbocycles. The fraction of sp³-hybridized carbons (Fsp3) is 0.179. The van der Waals surface area contributed by atoms with Crippen LogP contribution in [0.1, 0.15) is 10.6 Å². The maximum atomic E-state index is 13.1. The quantitative estimate of drug-likeness (QED) is 0.207. The van der Waals surface area contributed by atoms with Crippen molar-refractivity contribution in [2.75, 3.05) is 23.9 Å². The maximum Gasteiger partial charge on any atom is 0.148 e. The van der Waals surface area contributed by atoms with Crippen LogP contribution >= 0.6 is 11.3 Å². The third-order valence-corrected chi connectivity index (χ3v) is 7.64. The second-order valence-electron chi connectivity index (χ2n) is 8.95. The zero-order valence-electron chi connectivity index (χ0n) is 21.1. The summed E-state index contributed by atoms with van der Waals surface area (Å²) < 4.78 is 41.5. The number of hydrogen-bond donors (Lipinski definition) is 2.